The van der Waals surface area contributed by atoms with Gasteiger partial charge in [-0.05, 0) is 51.0 Å². The molecule has 148 valence electrons. The number of ketones is 1. The van der Waals surface area contributed by atoms with Crippen molar-refractivity contribution in [3.8, 4) is 0 Å². The molecule has 1 aliphatic rings. The van der Waals surface area contributed by atoms with Crippen LogP contribution in [0, 0.1) is 20.8 Å². The molecule has 8 heteroatoms. The molecule has 3 heterocycles. The Morgan fingerprint density at radius 2 is 2.07 bits per heavy atom. The van der Waals surface area contributed by atoms with Gasteiger partial charge < -0.3 is 9.55 Å². The maximum Gasteiger partial charge on any atom is 0.175 e. The van der Waals surface area contributed by atoms with Gasteiger partial charge in [0.1, 0.15) is 0 Å². The van der Waals surface area contributed by atoms with Crippen LogP contribution in [-0.2, 0) is 9.84 Å². The summed E-state index contributed by atoms with van der Waals surface area (Å²) in [4.78, 5) is 20.6. The molecule has 1 aromatic carbocycles. The van der Waals surface area contributed by atoms with Gasteiger partial charge in [0, 0.05) is 23.0 Å². The average molecular weight is 418 g/mol. The summed E-state index contributed by atoms with van der Waals surface area (Å²) in [5.41, 5.74) is 5.47. The van der Waals surface area contributed by atoms with Crippen LogP contribution in [0.3, 0.4) is 0 Å². The van der Waals surface area contributed by atoms with Crippen LogP contribution >= 0.6 is 11.8 Å². The molecule has 0 radical (unpaired) electrons. The number of imidazole rings is 1. The molecule has 0 bridgehead atoms. The van der Waals surface area contributed by atoms with Crippen molar-refractivity contribution in [1.82, 2.24) is 14.5 Å². The molecule has 3 aromatic rings. The average Bonchev–Trinajstić information content (AvgIpc) is 3.27. The van der Waals surface area contributed by atoms with E-state index in [2.05, 4.69) is 9.97 Å². The molecule has 1 fully saturated rings. The standard InChI is InChI=1S/C20H23N3O3S2/c1-12-4-5-17-18(8-12)22-20(21-17)27-10-19(24)16-9-13(2)23(14(16)3)15-6-7-28(25,26)11-15/h4-5,8-9,15H,6-7,10-11H2,1-3H3,(H,21,22). The van der Waals surface area contributed by atoms with Crippen molar-refractivity contribution >= 4 is 38.4 Å². The summed E-state index contributed by atoms with van der Waals surface area (Å²) in [6, 6.07) is 7.83. The molecule has 4 rings (SSSR count). The molecule has 1 N–H and O–H groups in total. The van der Waals surface area contributed by atoms with Crippen molar-refractivity contribution < 1.29 is 13.2 Å². The third kappa shape index (κ3) is 3.63. The molecule has 0 spiro atoms. The Hall–Kier alpha value is -2.06. The molecule has 2 aromatic heterocycles. The van der Waals surface area contributed by atoms with Gasteiger partial charge in [0.2, 0.25) is 0 Å². The van der Waals surface area contributed by atoms with E-state index in [9.17, 15) is 13.2 Å². The highest BCUT2D eigenvalue weighted by Gasteiger charge is 2.31. The molecule has 1 atom stereocenters. The van der Waals surface area contributed by atoms with Gasteiger partial charge in [-0.3, -0.25) is 4.79 Å². The van der Waals surface area contributed by atoms with E-state index in [0.717, 1.165) is 33.1 Å². The summed E-state index contributed by atoms with van der Waals surface area (Å²) in [6.07, 6.45) is 0.611. The van der Waals surface area contributed by atoms with E-state index in [0.29, 0.717) is 12.0 Å². The minimum Gasteiger partial charge on any atom is -0.344 e. The SMILES string of the molecule is Cc1ccc2nc(SCC(=O)c3cc(C)n(C4CCS(=O)(=O)C4)c3C)[nH]c2c1. The Labute approximate surface area is 168 Å². The lowest BCUT2D eigenvalue weighted by Crippen LogP contribution is -2.14. The van der Waals surface area contributed by atoms with Crippen LogP contribution in [0.2, 0.25) is 0 Å². The fraction of sp³-hybridized carbons (Fsp3) is 0.400. The van der Waals surface area contributed by atoms with Crippen molar-refractivity contribution in [2.75, 3.05) is 17.3 Å². The third-order valence-electron chi connectivity index (χ3n) is 5.31. The van der Waals surface area contributed by atoms with E-state index in [4.69, 9.17) is 0 Å². The number of hydrogen-bond donors (Lipinski definition) is 1. The van der Waals surface area contributed by atoms with E-state index in [1.54, 1.807) is 0 Å². The second-order valence-corrected chi connectivity index (χ2v) is 10.7. The van der Waals surface area contributed by atoms with Crippen molar-refractivity contribution in [3.63, 3.8) is 0 Å². The molecular weight excluding hydrogens is 394 g/mol. The second kappa shape index (κ2) is 7.08. The van der Waals surface area contributed by atoms with Crippen molar-refractivity contribution in [2.45, 2.75) is 38.4 Å². The van der Waals surface area contributed by atoms with Crippen LogP contribution in [0.1, 0.15) is 39.8 Å². The van der Waals surface area contributed by atoms with Crippen LogP contribution in [0.4, 0.5) is 0 Å². The van der Waals surface area contributed by atoms with Crippen LogP contribution in [0.15, 0.2) is 29.4 Å². The van der Waals surface area contributed by atoms with Crippen LogP contribution in [0.25, 0.3) is 11.0 Å². The fourth-order valence-electron chi connectivity index (χ4n) is 3.98. The number of fused-ring (bicyclic) bond motifs is 1. The Bertz CT molecular complexity index is 1170. The first kappa shape index (κ1) is 19.3. The second-order valence-electron chi connectivity index (χ2n) is 7.49. The number of rotatable bonds is 5. The lowest BCUT2D eigenvalue weighted by atomic mass is 10.2. The molecule has 0 aliphatic carbocycles. The Balaban J connectivity index is 1.51. The van der Waals surface area contributed by atoms with Gasteiger partial charge in [-0.15, -0.1) is 0 Å². The number of carbonyl (C=O) groups excluding carboxylic acids is 1. The summed E-state index contributed by atoms with van der Waals surface area (Å²) in [6.45, 7) is 5.87. The molecule has 1 aliphatic heterocycles. The Morgan fingerprint density at radius 3 is 2.79 bits per heavy atom. The van der Waals surface area contributed by atoms with E-state index >= 15 is 0 Å². The normalized spacial score (nSPS) is 18.8. The zero-order valence-corrected chi connectivity index (χ0v) is 17.8. The molecule has 1 saturated heterocycles. The minimum absolute atomic E-state index is 0.0295. The van der Waals surface area contributed by atoms with E-state index in [-0.39, 0.29) is 29.1 Å². The third-order valence-corrected chi connectivity index (χ3v) is 7.94. The number of benzene rings is 1. The first-order valence-corrected chi connectivity index (χ1v) is 12.1. The van der Waals surface area contributed by atoms with Crippen molar-refractivity contribution in [2.24, 2.45) is 0 Å². The van der Waals surface area contributed by atoms with E-state index < -0.39 is 9.84 Å². The number of aryl methyl sites for hydroxylation is 2. The predicted octanol–water partition coefficient (Wildman–Crippen LogP) is 3.62. The molecule has 28 heavy (non-hydrogen) atoms. The number of thioether (sulfide) groups is 1. The molecule has 0 saturated carbocycles. The lowest BCUT2D eigenvalue weighted by Gasteiger charge is -2.16. The topological polar surface area (TPSA) is 84.8 Å². The van der Waals surface area contributed by atoms with Gasteiger partial charge in [-0.25, -0.2) is 13.4 Å². The van der Waals surface area contributed by atoms with Gasteiger partial charge in [0.25, 0.3) is 0 Å². The Morgan fingerprint density at radius 1 is 1.29 bits per heavy atom. The smallest absolute Gasteiger partial charge is 0.175 e. The van der Waals surface area contributed by atoms with Gasteiger partial charge in [0.05, 0.1) is 28.3 Å². The van der Waals surface area contributed by atoms with E-state index in [1.165, 1.54) is 11.8 Å². The highest BCUT2D eigenvalue weighted by molar-refractivity contribution is 7.99. The minimum atomic E-state index is -2.97. The van der Waals surface area contributed by atoms with Gasteiger partial charge in [-0.1, -0.05) is 17.8 Å². The van der Waals surface area contributed by atoms with E-state index in [1.807, 2.05) is 49.6 Å². The zero-order chi connectivity index (χ0) is 20.1. The Kier molecular flexibility index (Phi) is 4.87. The number of carbonyl (C=O) groups is 1. The van der Waals surface area contributed by atoms with Gasteiger partial charge in [-0.2, -0.15) is 0 Å². The first-order valence-electron chi connectivity index (χ1n) is 9.25. The van der Waals surface area contributed by atoms with Crippen LogP contribution < -0.4 is 0 Å². The summed E-state index contributed by atoms with van der Waals surface area (Å²) in [5, 5.41) is 0.727. The summed E-state index contributed by atoms with van der Waals surface area (Å²) >= 11 is 1.39. The monoisotopic (exact) mass is 417 g/mol. The van der Waals surface area contributed by atoms with Crippen molar-refractivity contribution in [1.29, 1.82) is 0 Å². The summed E-state index contributed by atoms with van der Waals surface area (Å²) in [7, 11) is -2.97. The largest absolute Gasteiger partial charge is 0.344 e. The number of aromatic amines is 1. The quantitative estimate of drug-likeness (QED) is 0.506. The summed E-state index contributed by atoms with van der Waals surface area (Å²) < 4.78 is 25.7. The number of nitrogens with one attached hydrogen (secondary N) is 1. The maximum atomic E-state index is 12.8. The number of nitrogens with zero attached hydrogens (tertiary/aromatic N) is 2. The van der Waals surface area contributed by atoms with Crippen molar-refractivity contribution in [3.05, 3.63) is 46.8 Å². The maximum absolute atomic E-state index is 12.8. The zero-order valence-electron chi connectivity index (χ0n) is 16.2. The van der Waals surface area contributed by atoms with Crippen LogP contribution in [-0.4, -0.2) is 46.0 Å². The summed E-state index contributed by atoms with van der Waals surface area (Å²) in [5.74, 6) is 0.692. The first-order chi connectivity index (χ1) is 13.2. The number of H-pyrrole nitrogens is 1. The number of Topliss-reactive ketones (excluding diaryl/α,β-unsaturated/α-hetero) is 1. The fourth-order valence-corrected chi connectivity index (χ4v) is 6.45. The number of sulfone groups is 1. The number of hydrogen-bond acceptors (Lipinski definition) is 5. The number of aromatic nitrogens is 3. The van der Waals surface area contributed by atoms with Crippen LogP contribution in [0.5, 0.6) is 0 Å². The highest BCUT2D eigenvalue weighted by Crippen LogP contribution is 2.30. The van der Waals surface area contributed by atoms with Gasteiger partial charge >= 0.3 is 0 Å². The molecule has 6 nitrogen and oxygen atoms in total. The predicted molar refractivity (Wildman–Crippen MR) is 112 cm³/mol. The lowest BCUT2D eigenvalue weighted by molar-refractivity contribution is 0.102. The van der Waals surface area contributed by atoms with Gasteiger partial charge in [0.15, 0.2) is 20.8 Å². The molecule has 1 unspecified atom stereocenters. The molecule has 0 amide bonds. The highest BCUT2D eigenvalue weighted by atomic mass is 32.2. The molecular formula is C20H23N3O3S2.